The molecule has 0 aliphatic heterocycles. The van der Waals surface area contributed by atoms with Crippen LogP contribution in [0.4, 0.5) is 0 Å². The number of hydrogen-bond acceptors (Lipinski definition) is 2. The van der Waals surface area contributed by atoms with Crippen molar-refractivity contribution in [2.45, 2.75) is 65.7 Å². The Morgan fingerprint density at radius 3 is 2.70 bits per heavy atom. The van der Waals surface area contributed by atoms with E-state index in [1.165, 1.54) is 5.57 Å². The number of hydrogen-bond donors (Lipinski definition) is 1. The summed E-state index contributed by atoms with van der Waals surface area (Å²) in [6.07, 6.45) is 9.05. The molecule has 0 bridgehead atoms. The van der Waals surface area contributed by atoms with Gasteiger partial charge in [0.2, 0.25) is 0 Å². The third-order valence-corrected chi connectivity index (χ3v) is 6.69. The van der Waals surface area contributed by atoms with Gasteiger partial charge < -0.3 is 5.11 Å². The van der Waals surface area contributed by atoms with E-state index in [0.29, 0.717) is 5.92 Å². The van der Waals surface area contributed by atoms with Crippen molar-refractivity contribution in [2.24, 2.45) is 22.7 Å². The summed E-state index contributed by atoms with van der Waals surface area (Å²) < 4.78 is 0. The molecule has 3 heteroatoms. The van der Waals surface area contributed by atoms with Gasteiger partial charge in [-0.1, -0.05) is 31.1 Å². The van der Waals surface area contributed by atoms with Crippen LogP contribution in [0.15, 0.2) is 23.8 Å². The molecule has 0 aromatic heterocycles. The second-order valence-electron chi connectivity index (χ2n) is 8.07. The van der Waals surface area contributed by atoms with Crippen molar-refractivity contribution in [1.29, 1.82) is 0 Å². The van der Waals surface area contributed by atoms with Crippen LogP contribution >= 0.6 is 0 Å². The quantitative estimate of drug-likeness (QED) is 0.451. The first-order valence-corrected chi connectivity index (χ1v) is 8.77. The first-order valence-electron chi connectivity index (χ1n) is 8.77. The second-order valence-corrected chi connectivity index (χ2v) is 8.07. The van der Waals surface area contributed by atoms with Gasteiger partial charge in [-0.3, -0.25) is 9.59 Å². The fourth-order valence-electron chi connectivity index (χ4n) is 5.31. The molecule has 0 unspecified atom stereocenters. The molecule has 4 atom stereocenters. The predicted octanol–water partition coefficient (Wildman–Crippen LogP) is 4.78. The van der Waals surface area contributed by atoms with Crippen molar-refractivity contribution in [3.63, 3.8) is 0 Å². The number of carboxylic acids is 1. The SMILES string of the molecule is C=C1CC[C@H]2[C@](C)(CCC[C@]2(C)C(=O)O)[C@@H]1CC/C(C)=C\C=O. The average molecular weight is 318 g/mol. The van der Waals surface area contributed by atoms with E-state index in [9.17, 15) is 14.7 Å². The summed E-state index contributed by atoms with van der Waals surface area (Å²) in [6, 6.07) is 0. The van der Waals surface area contributed by atoms with Crippen molar-refractivity contribution >= 4 is 12.3 Å². The van der Waals surface area contributed by atoms with Crippen LogP contribution in [-0.2, 0) is 9.59 Å². The molecule has 3 nitrogen and oxygen atoms in total. The van der Waals surface area contributed by atoms with Crippen LogP contribution in [0.1, 0.15) is 65.7 Å². The lowest BCUT2D eigenvalue weighted by Crippen LogP contribution is -2.53. The molecule has 0 aromatic carbocycles. The Balaban J connectivity index is 2.27. The molecule has 23 heavy (non-hydrogen) atoms. The molecule has 2 fully saturated rings. The molecule has 2 aliphatic rings. The Morgan fingerprint density at radius 2 is 2.09 bits per heavy atom. The summed E-state index contributed by atoms with van der Waals surface area (Å²) in [5.74, 6) is -0.0703. The van der Waals surface area contributed by atoms with E-state index >= 15 is 0 Å². The van der Waals surface area contributed by atoms with E-state index in [-0.39, 0.29) is 11.3 Å². The van der Waals surface area contributed by atoms with E-state index in [1.807, 2.05) is 13.8 Å². The molecule has 128 valence electrons. The minimum Gasteiger partial charge on any atom is -0.481 e. The zero-order chi connectivity index (χ0) is 17.3. The molecule has 0 amide bonds. The second kappa shape index (κ2) is 6.62. The third kappa shape index (κ3) is 3.15. The highest BCUT2D eigenvalue weighted by Crippen LogP contribution is 2.62. The molecular formula is C20H30O3. The Kier molecular flexibility index (Phi) is 5.17. The molecule has 1 N–H and O–H groups in total. The first-order chi connectivity index (χ1) is 10.8. The Hall–Kier alpha value is -1.38. The molecule has 2 saturated carbocycles. The highest BCUT2D eigenvalue weighted by Gasteiger charge is 2.57. The normalized spacial score (nSPS) is 38.0. The van der Waals surface area contributed by atoms with Gasteiger partial charge in [-0.15, -0.1) is 0 Å². The molecule has 0 spiro atoms. The molecule has 0 saturated heterocycles. The van der Waals surface area contributed by atoms with Gasteiger partial charge >= 0.3 is 5.97 Å². The van der Waals surface area contributed by atoms with Crippen LogP contribution in [0.25, 0.3) is 0 Å². The van der Waals surface area contributed by atoms with Gasteiger partial charge in [0.05, 0.1) is 5.41 Å². The number of fused-ring (bicyclic) bond motifs is 1. The maximum absolute atomic E-state index is 11.9. The van der Waals surface area contributed by atoms with Gasteiger partial charge in [-0.2, -0.15) is 0 Å². The van der Waals surface area contributed by atoms with E-state index in [4.69, 9.17) is 0 Å². The van der Waals surface area contributed by atoms with Crippen LogP contribution < -0.4 is 0 Å². The monoisotopic (exact) mass is 318 g/mol. The largest absolute Gasteiger partial charge is 0.481 e. The van der Waals surface area contributed by atoms with Crippen LogP contribution in [0, 0.1) is 22.7 Å². The van der Waals surface area contributed by atoms with Crippen LogP contribution in [0.2, 0.25) is 0 Å². The maximum atomic E-state index is 11.9. The van der Waals surface area contributed by atoms with E-state index in [2.05, 4.69) is 13.5 Å². The van der Waals surface area contributed by atoms with Crippen LogP contribution in [0.5, 0.6) is 0 Å². The Bertz CT molecular complexity index is 533. The molecule has 0 aromatic rings. The van der Waals surface area contributed by atoms with Gasteiger partial charge in [-0.05, 0) is 75.7 Å². The van der Waals surface area contributed by atoms with Gasteiger partial charge in [0.1, 0.15) is 6.29 Å². The lowest BCUT2D eigenvalue weighted by molar-refractivity contribution is -0.164. The number of aliphatic carboxylic acids is 1. The number of rotatable bonds is 5. The molecule has 0 radical (unpaired) electrons. The average Bonchev–Trinajstić information content (AvgIpc) is 2.46. The predicted molar refractivity (Wildman–Crippen MR) is 92.1 cm³/mol. The summed E-state index contributed by atoms with van der Waals surface area (Å²) >= 11 is 0. The summed E-state index contributed by atoms with van der Waals surface area (Å²) in [4.78, 5) is 22.6. The standard InChI is InChI=1S/C20H30O3/c1-14(10-13-21)6-8-16-15(2)7-9-17-19(16,3)11-5-12-20(17,4)18(22)23/h10,13,16-17H,2,5-9,11-12H2,1,3-4H3,(H,22,23)/b14-10-/t16-,17+,19-,20+/m1/s1. The summed E-state index contributed by atoms with van der Waals surface area (Å²) in [6.45, 7) is 10.5. The lowest BCUT2D eigenvalue weighted by Gasteiger charge is -2.57. The van der Waals surface area contributed by atoms with E-state index in [1.54, 1.807) is 6.08 Å². The van der Waals surface area contributed by atoms with Crippen LogP contribution in [-0.4, -0.2) is 17.4 Å². The van der Waals surface area contributed by atoms with Crippen molar-refractivity contribution < 1.29 is 14.7 Å². The number of carbonyl (C=O) groups is 2. The molecular weight excluding hydrogens is 288 g/mol. The summed E-state index contributed by atoms with van der Waals surface area (Å²) in [5, 5.41) is 9.82. The van der Waals surface area contributed by atoms with Crippen molar-refractivity contribution in [1.82, 2.24) is 0 Å². The summed E-state index contributed by atoms with van der Waals surface area (Å²) in [5.41, 5.74) is 1.77. The minimum absolute atomic E-state index is 0.0161. The maximum Gasteiger partial charge on any atom is 0.309 e. The minimum atomic E-state index is -0.642. The fraction of sp³-hybridized carbons (Fsp3) is 0.700. The van der Waals surface area contributed by atoms with Crippen LogP contribution in [0.3, 0.4) is 0 Å². The smallest absolute Gasteiger partial charge is 0.309 e. The number of aldehydes is 1. The molecule has 0 heterocycles. The van der Waals surface area contributed by atoms with Crippen molar-refractivity contribution in [2.75, 3.05) is 0 Å². The van der Waals surface area contributed by atoms with E-state index < -0.39 is 11.4 Å². The van der Waals surface area contributed by atoms with Crippen molar-refractivity contribution in [3.05, 3.63) is 23.8 Å². The zero-order valence-electron chi connectivity index (χ0n) is 14.7. The highest BCUT2D eigenvalue weighted by molar-refractivity contribution is 5.75. The van der Waals surface area contributed by atoms with Gasteiger partial charge in [-0.25, -0.2) is 0 Å². The number of allylic oxidation sites excluding steroid dienone is 3. The van der Waals surface area contributed by atoms with Gasteiger partial charge in [0.25, 0.3) is 0 Å². The molecule has 2 rings (SSSR count). The Labute approximate surface area is 139 Å². The first kappa shape index (κ1) is 18.0. The zero-order valence-corrected chi connectivity index (χ0v) is 14.7. The molecule has 2 aliphatic carbocycles. The van der Waals surface area contributed by atoms with E-state index in [0.717, 1.165) is 56.8 Å². The fourth-order valence-corrected chi connectivity index (χ4v) is 5.31. The Morgan fingerprint density at radius 1 is 1.39 bits per heavy atom. The summed E-state index contributed by atoms with van der Waals surface area (Å²) in [7, 11) is 0. The number of carbonyl (C=O) groups excluding carboxylic acids is 1. The topological polar surface area (TPSA) is 54.4 Å². The third-order valence-electron chi connectivity index (χ3n) is 6.69. The number of carboxylic acid groups (broad SMARTS) is 1. The lowest BCUT2D eigenvalue weighted by atomic mass is 9.46. The highest BCUT2D eigenvalue weighted by atomic mass is 16.4. The van der Waals surface area contributed by atoms with Crippen molar-refractivity contribution in [3.8, 4) is 0 Å². The van der Waals surface area contributed by atoms with Gasteiger partial charge in [0, 0.05) is 0 Å². The van der Waals surface area contributed by atoms with Gasteiger partial charge in [0.15, 0.2) is 0 Å².